The third-order valence-corrected chi connectivity index (χ3v) is 23.9. The molecule has 0 aromatic heterocycles. The van der Waals surface area contributed by atoms with Crippen molar-refractivity contribution in [2.75, 3.05) is 106 Å². The molecular weight excluding hydrogens is 889 g/mol. The maximum absolute atomic E-state index is 12.6. The smallest absolute Gasteiger partial charge is 0.306 e. The van der Waals surface area contributed by atoms with Crippen LogP contribution in [0.2, 0.25) is 36.3 Å². The van der Waals surface area contributed by atoms with Gasteiger partial charge in [-0.1, -0.05) is 41.5 Å². The summed E-state index contributed by atoms with van der Waals surface area (Å²) in [4.78, 5) is 25.2. The van der Waals surface area contributed by atoms with E-state index in [1.54, 1.807) is 0 Å². The Morgan fingerprint density at radius 3 is 1.06 bits per heavy atom. The second-order valence-electron chi connectivity index (χ2n) is 21.8. The molecule has 0 N–H and O–H groups in total. The lowest BCUT2D eigenvalue weighted by molar-refractivity contribution is -0.146. The minimum atomic E-state index is -1.86. The van der Waals surface area contributed by atoms with Crippen LogP contribution in [0.25, 0.3) is 0 Å². The van der Waals surface area contributed by atoms with Crippen LogP contribution < -0.4 is 0 Å². The first kappa shape index (κ1) is 57.7. The van der Waals surface area contributed by atoms with E-state index in [1.165, 1.54) is 0 Å². The zero-order valence-electron chi connectivity index (χ0n) is 43.3. The summed E-state index contributed by atoms with van der Waals surface area (Å²) in [5.74, 6) is 15.8. The summed E-state index contributed by atoms with van der Waals surface area (Å²) in [7, 11) is -3.72. The first-order valence-corrected chi connectivity index (χ1v) is 31.3. The Morgan fingerprint density at radius 1 is 0.448 bits per heavy atom. The molecule has 0 spiro atoms. The molecule has 0 saturated heterocycles. The molecule has 0 aromatic rings. The van der Waals surface area contributed by atoms with E-state index in [0.717, 1.165) is 51.4 Å². The summed E-state index contributed by atoms with van der Waals surface area (Å²) in [6.45, 7) is 27.9. The third kappa shape index (κ3) is 22.0. The van der Waals surface area contributed by atoms with Crippen LogP contribution in [0.5, 0.6) is 0 Å². The highest BCUT2D eigenvalue weighted by atomic mass is 28.4. The fourth-order valence-electron chi connectivity index (χ4n) is 8.55. The van der Waals surface area contributed by atoms with Gasteiger partial charge in [-0.25, -0.2) is 0 Å². The van der Waals surface area contributed by atoms with Crippen LogP contribution in [0.15, 0.2) is 0 Å². The van der Waals surface area contributed by atoms with E-state index in [4.69, 9.17) is 51.5 Å². The average Bonchev–Trinajstić information content (AvgIpc) is 4.08. The summed E-state index contributed by atoms with van der Waals surface area (Å²) in [5.41, 5.74) is 0. The first-order chi connectivity index (χ1) is 31.9. The van der Waals surface area contributed by atoms with Gasteiger partial charge in [-0.15, -0.1) is 23.7 Å². The average molecular weight is 979 g/mol. The van der Waals surface area contributed by atoms with Gasteiger partial charge < -0.3 is 51.5 Å². The van der Waals surface area contributed by atoms with Crippen LogP contribution >= 0.6 is 0 Å². The van der Waals surface area contributed by atoms with Crippen molar-refractivity contribution in [2.24, 2.45) is 35.5 Å². The zero-order valence-corrected chi connectivity index (χ0v) is 45.3. The van der Waals surface area contributed by atoms with Crippen LogP contribution in [-0.2, 0) is 61.1 Å². The number of carbonyl (C=O) groups excluding carboxylic acids is 2. The van der Waals surface area contributed by atoms with Gasteiger partial charge in [0.1, 0.15) is 25.4 Å². The van der Waals surface area contributed by atoms with Gasteiger partial charge in [-0.2, -0.15) is 0 Å². The van der Waals surface area contributed by atoms with E-state index < -0.39 is 22.7 Å². The molecule has 4 aliphatic rings. The molecular formula is C52H90O13Si2. The standard InChI is InChI=1S/C52H90O13Si2/c1-51(2,3)66(7,8)64-33-27-58-39-42(40-59-28-34-65-67(9,10)52(4,5)6)61-30-24-55-23-29-60-41(37-56-25-31-62-49(53)35-47-43-19-15-11-12-16-20-44(43)47)38-57-26-32-63-50(54)36-48-45-21-17-13-14-18-22-46(45)48/h41-48H,15-40H2,1-10H3. The predicted molar refractivity (Wildman–Crippen MR) is 264 cm³/mol. The van der Waals surface area contributed by atoms with Crippen molar-refractivity contribution in [3.05, 3.63) is 0 Å². The molecule has 67 heavy (non-hydrogen) atoms. The fraction of sp³-hybridized carbons (Fsp3) is 0.885. The lowest BCUT2D eigenvalue weighted by Gasteiger charge is -2.36. The van der Waals surface area contributed by atoms with E-state index >= 15 is 0 Å². The number of ether oxygens (including phenoxy) is 9. The third-order valence-electron chi connectivity index (χ3n) is 14.8. The number of esters is 2. The zero-order chi connectivity index (χ0) is 48.8. The SMILES string of the molecule is CC(C)(C)[Si](C)(C)OCCOCC(COCCO[Si](C)(C)C(C)(C)C)OCCOCCOC(COCCOC(=O)CC1C2CCC#CCCC21)COCCOC(=O)CC1C2CCC#CCCC21. The molecule has 4 aliphatic carbocycles. The van der Waals surface area contributed by atoms with Gasteiger partial charge in [0.25, 0.3) is 0 Å². The Bertz CT molecular complexity index is 1430. The van der Waals surface area contributed by atoms with E-state index in [-0.39, 0.29) is 67.8 Å². The number of fused-ring (bicyclic) bond motifs is 2. The molecule has 0 aliphatic heterocycles. The Hall–Kier alpha value is -1.87. The lowest BCUT2D eigenvalue weighted by Crippen LogP contribution is -2.42. The summed E-state index contributed by atoms with van der Waals surface area (Å²) in [6, 6.07) is 0. The van der Waals surface area contributed by atoms with Crippen molar-refractivity contribution >= 4 is 28.6 Å². The Kier molecular flexibility index (Phi) is 25.4. The first-order valence-electron chi connectivity index (χ1n) is 25.5. The van der Waals surface area contributed by atoms with Crippen molar-refractivity contribution < 1.29 is 61.1 Å². The largest absolute Gasteiger partial charge is 0.463 e. The highest BCUT2D eigenvalue weighted by Gasteiger charge is 2.50. The number of hydrogen-bond donors (Lipinski definition) is 0. The van der Waals surface area contributed by atoms with Crippen molar-refractivity contribution in [3.8, 4) is 23.7 Å². The minimum Gasteiger partial charge on any atom is -0.463 e. The molecule has 0 heterocycles. The van der Waals surface area contributed by atoms with Crippen molar-refractivity contribution in [1.82, 2.24) is 0 Å². The second kappa shape index (κ2) is 29.5. The van der Waals surface area contributed by atoms with Crippen molar-refractivity contribution in [1.29, 1.82) is 0 Å². The van der Waals surface area contributed by atoms with Gasteiger partial charge >= 0.3 is 11.9 Å². The topological polar surface area (TPSA) is 136 Å². The summed E-state index contributed by atoms with van der Waals surface area (Å²) in [5, 5.41) is 0.272. The lowest BCUT2D eigenvalue weighted by atomic mass is 10.1. The van der Waals surface area contributed by atoms with E-state index in [2.05, 4.69) is 91.4 Å². The molecule has 0 aromatic carbocycles. The Morgan fingerprint density at radius 2 is 0.746 bits per heavy atom. The normalized spacial score (nSPS) is 23.2. The molecule has 4 unspecified atom stereocenters. The van der Waals surface area contributed by atoms with E-state index in [9.17, 15) is 9.59 Å². The van der Waals surface area contributed by atoms with Crippen molar-refractivity contribution in [3.63, 3.8) is 0 Å². The van der Waals surface area contributed by atoms with Crippen LogP contribution in [0.3, 0.4) is 0 Å². The van der Waals surface area contributed by atoms with E-state index in [0.29, 0.717) is 114 Å². The van der Waals surface area contributed by atoms with Gasteiger partial charge in [0, 0.05) is 38.5 Å². The van der Waals surface area contributed by atoms with Crippen LogP contribution in [0, 0.1) is 59.2 Å². The highest BCUT2D eigenvalue weighted by Crippen LogP contribution is 2.55. The summed E-state index contributed by atoms with van der Waals surface area (Å²) in [6.07, 6.45) is 8.26. The Balaban J connectivity index is 1.14. The molecule has 15 heteroatoms. The number of carbonyl (C=O) groups is 2. The van der Waals surface area contributed by atoms with Crippen LogP contribution in [-0.4, -0.2) is 146 Å². The van der Waals surface area contributed by atoms with Gasteiger partial charge in [-0.05, 0) is 97.5 Å². The molecule has 0 bridgehead atoms. The van der Waals surface area contributed by atoms with Crippen LogP contribution in [0.1, 0.15) is 106 Å². The fourth-order valence-corrected chi connectivity index (χ4v) is 10.6. The maximum Gasteiger partial charge on any atom is 0.306 e. The number of rotatable bonds is 34. The van der Waals surface area contributed by atoms with Gasteiger partial charge in [0.15, 0.2) is 16.6 Å². The van der Waals surface area contributed by atoms with Crippen LogP contribution in [0.4, 0.5) is 0 Å². The molecule has 13 nitrogen and oxygen atoms in total. The maximum atomic E-state index is 12.6. The van der Waals surface area contributed by atoms with Gasteiger partial charge in [-0.3, -0.25) is 9.59 Å². The summed E-state index contributed by atoms with van der Waals surface area (Å²) < 4.78 is 65.7. The summed E-state index contributed by atoms with van der Waals surface area (Å²) >= 11 is 0. The highest BCUT2D eigenvalue weighted by molar-refractivity contribution is 6.74. The quantitative estimate of drug-likeness (QED) is 0.0264. The minimum absolute atomic E-state index is 0.136. The van der Waals surface area contributed by atoms with E-state index in [1.807, 2.05) is 0 Å². The molecule has 2 saturated carbocycles. The van der Waals surface area contributed by atoms with Gasteiger partial charge in [0.2, 0.25) is 0 Å². The molecule has 0 amide bonds. The molecule has 2 fully saturated rings. The molecule has 0 radical (unpaired) electrons. The monoisotopic (exact) mass is 979 g/mol. The Labute approximate surface area is 407 Å². The number of hydrogen-bond acceptors (Lipinski definition) is 13. The van der Waals surface area contributed by atoms with Crippen molar-refractivity contribution in [2.45, 2.75) is 154 Å². The molecule has 4 atom stereocenters. The van der Waals surface area contributed by atoms with Gasteiger partial charge in [0.05, 0.1) is 92.5 Å². The predicted octanol–water partition coefficient (Wildman–Crippen LogP) is 8.63. The molecule has 384 valence electrons. The second-order valence-corrected chi connectivity index (χ2v) is 31.4. The molecule has 4 rings (SSSR count).